The van der Waals surface area contributed by atoms with Gasteiger partial charge in [0.15, 0.2) is 0 Å². The molecule has 1 aliphatic rings. The molecule has 0 aliphatic heterocycles. The molecule has 1 aromatic heterocycles. The van der Waals surface area contributed by atoms with Crippen molar-refractivity contribution in [3.05, 3.63) is 11.7 Å². The van der Waals surface area contributed by atoms with E-state index < -0.39 is 11.9 Å². The van der Waals surface area contributed by atoms with Crippen molar-refractivity contribution in [2.45, 2.75) is 70.6 Å². The number of hydroxylamine groups is 1. The third kappa shape index (κ3) is 6.12. The molecule has 0 saturated heterocycles. The number of carbonyl (C=O) groups is 2. The van der Waals surface area contributed by atoms with Gasteiger partial charge in [-0.1, -0.05) is 44.9 Å². The van der Waals surface area contributed by atoms with Crippen LogP contribution in [0.3, 0.4) is 0 Å². The van der Waals surface area contributed by atoms with Crippen molar-refractivity contribution >= 4 is 11.9 Å². The molecule has 0 radical (unpaired) electrons. The molecule has 2 rings (SSSR count). The average Bonchev–Trinajstić information content (AvgIpc) is 3.12. The molecule has 0 spiro atoms. The van der Waals surface area contributed by atoms with Crippen molar-refractivity contribution in [1.29, 1.82) is 0 Å². The number of carbonyl (C=O) groups excluding carboxylic acids is 2. The van der Waals surface area contributed by atoms with Gasteiger partial charge in [-0.05, 0) is 24.4 Å². The van der Waals surface area contributed by atoms with Crippen LogP contribution in [0.4, 0.5) is 0 Å². The molecule has 1 aromatic rings. The van der Waals surface area contributed by atoms with Gasteiger partial charge in [0, 0.05) is 12.3 Å². The largest absolute Gasteiger partial charge is 0.460 e. The standard InChI is InChI=1S/C17H27N3O5/c1-2-24-17(22)15-18-16(25-20-15)13(11-14(21)19-23)10-6-9-12-7-4-3-5-8-12/h12-13,23H,2-11H2,1H3,(H,19,21)/t13-/m0/s1. The number of hydrogen-bond acceptors (Lipinski definition) is 7. The molecule has 8 heteroatoms. The first-order valence-corrected chi connectivity index (χ1v) is 9.07. The van der Waals surface area contributed by atoms with Gasteiger partial charge in [-0.15, -0.1) is 0 Å². The second-order valence-electron chi connectivity index (χ2n) is 6.55. The predicted molar refractivity (Wildman–Crippen MR) is 88.0 cm³/mol. The first-order valence-electron chi connectivity index (χ1n) is 9.07. The number of hydrogen-bond donors (Lipinski definition) is 2. The van der Waals surface area contributed by atoms with Crippen LogP contribution in [0.15, 0.2) is 4.52 Å². The normalized spacial score (nSPS) is 16.4. The number of rotatable bonds is 9. The summed E-state index contributed by atoms with van der Waals surface area (Å²) in [6.45, 7) is 1.92. The van der Waals surface area contributed by atoms with Crippen LogP contribution in [0.5, 0.6) is 0 Å². The number of nitrogens with one attached hydrogen (secondary N) is 1. The summed E-state index contributed by atoms with van der Waals surface area (Å²) in [4.78, 5) is 27.3. The lowest BCUT2D eigenvalue weighted by Crippen LogP contribution is -2.21. The Morgan fingerprint density at radius 3 is 2.80 bits per heavy atom. The van der Waals surface area contributed by atoms with Crippen LogP contribution >= 0.6 is 0 Å². The molecular weight excluding hydrogens is 326 g/mol. The minimum Gasteiger partial charge on any atom is -0.460 e. The Balaban J connectivity index is 1.94. The lowest BCUT2D eigenvalue weighted by Gasteiger charge is -2.22. The second-order valence-corrected chi connectivity index (χ2v) is 6.55. The summed E-state index contributed by atoms with van der Waals surface area (Å²) in [6, 6.07) is 0. The first-order chi connectivity index (χ1) is 12.1. The molecular formula is C17H27N3O5. The molecule has 0 bridgehead atoms. The Hall–Kier alpha value is -1.96. The monoisotopic (exact) mass is 353 g/mol. The van der Waals surface area contributed by atoms with E-state index in [-0.39, 0.29) is 30.7 Å². The Kier molecular flexibility index (Phi) is 7.84. The van der Waals surface area contributed by atoms with E-state index in [1.165, 1.54) is 32.1 Å². The second kappa shape index (κ2) is 10.1. The van der Waals surface area contributed by atoms with Gasteiger partial charge in [-0.2, -0.15) is 4.98 Å². The fourth-order valence-electron chi connectivity index (χ4n) is 3.39. The molecule has 8 nitrogen and oxygen atoms in total. The fraction of sp³-hybridized carbons (Fsp3) is 0.765. The van der Waals surface area contributed by atoms with Crippen LogP contribution < -0.4 is 5.48 Å². The zero-order valence-corrected chi connectivity index (χ0v) is 14.7. The number of esters is 1. The Labute approximate surface area is 147 Å². The van der Waals surface area contributed by atoms with Gasteiger partial charge >= 0.3 is 5.97 Å². The maximum Gasteiger partial charge on any atom is 0.379 e. The Bertz CT molecular complexity index is 554. The Morgan fingerprint density at radius 2 is 2.12 bits per heavy atom. The van der Waals surface area contributed by atoms with Crippen LogP contribution in [-0.4, -0.2) is 33.8 Å². The van der Waals surface area contributed by atoms with E-state index in [1.807, 2.05) is 0 Å². The topological polar surface area (TPSA) is 115 Å². The highest BCUT2D eigenvalue weighted by Crippen LogP contribution is 2.31. The van der Waals surface area contributed by atoms with Gasteiger partial charge in [-0.25, -0.2) is 10.3 Å². The van der Waals surface area contributed by atoms with Gasteiger partial charge in [0.2, 0.25) is 11.8 Å². The van der Waals surface area contributed by atoms with Gasteiger partial charge in [0.25, 0.3) is 5.82 Å². The van der Waals surface area contributed by atoms with E-state index in [9.17, 15) is 9.59 Å². The van der Waals surface area contributed by atoms with Gasteiger partial charge in [0.05, 0.1) is 6.61 Å². The van der Waals surface area contributed by atoms with Gasteiger partial charge < -0.3 is 9.26 Å². The van der Waals surface area contributed by atoms with Crippen molar-refractivity contribution in [1.82, 2.24) is 15.6 Å². The van der Waals surface area contributed by atoms with Crippen molar-refractivity contribution in [3.8, 4) is 0 Å². The first kappa shape index (κ1) is 19.4. The lowest BCUT2D eigenvalue weighted by molar-refractivity contribution is -0.129. The highest BCUT2D eigenvalue weighted by Gasteiger charge is 2.25. The molecule has 1 saturated carbocycles. The molecule has 0 unspecified atom stereocenters. The summed E-state index contributed by atoms with van der Waals surface area (Å²) in [5.41, 5.74) is 1.63. The number of aromatic nitrogens is 2. The van der Waals surface area contributed by atoms with Crippen LogP contribution in [0, 0.1) is 5.92 Å². The molecule has 25 heavy (non-hydrogen) atoms. The number of amides is 1. The van der Waals surface area contributed by atoms with Gasteiger partial charge in [-0.3, -0.25) is 10.0 Å². The molecule has 1 atom stereocenters. The van der Waals surface area contributed by atoms with Gasteiger partial charge in [0.1, 0.15) is 0 Å². The fourth-order valence-corrected chi connectivity index (χ4v) is 3.39. The lowest BCUT2D eigenvalue weighted by atomic mass is 9.84. The van der Waals surface area contributed by atoms with Crippen LogP contribution in [0.2, 0.25) is 0 Å². The van der Waals surface area contributed by atoms with Crippen molar-refractivity contribution in [2.75, 3.05) is 6.61 Å². The molecule has 1 fully saturated rings. The van der Waals surface area contributed by atoms with Crippen LogP contribution in [0.1, 0.15) is 87.1 Å². The summed E-state index contributed by atoms with van der Waals surface area (Å²) in [5.74, 6) is -0.650. The van der Waals surface area contributed by atoms with E-state index in [1.54, 1.807) is 12.4 Å². The highest BCUT2D eigenvalue weighted by molar-refractivity contribution is 5.84. The zero-order valence-electron chi connectivity index (χ0n) is 14.7. The van der Waals surface area contributed by atoms with E-state index >= 15 is 0 Å². The van der Waals surface area contributed by atoms with E-state index in [4.69, 9.17) is 14.5 Å². The molecule has 140 valence electrons. The molecule has 1 heterocycles. The smallest absolute Gasteiger partial charge is 0.379 e. The molecule has 0 aromatic carbocycles. The predicted octanol–water partition coefficient (Wildman–Crippen LogP) is 2.98. The van der Waals surface area contributed by atoms with Crippen LogP contribution in [-0.2, 0) is 9.53 Å². The van der Waals surface area contributed by atoms with Crippen molar-refractivity contribution in [2.24, 2.45) is 5.92 Å². The highest BCUT2D eigenvalue weighted by atomic mass is 16.5. The summed E-state index contributed by atoms with van der Waals surface area (Å²) < 4.78 is 10.00. The molecule has 1 aliphatic carbocycles. The minimum absolute atomic E-state index is 0.0334. The third-order valence-electron chi connectivity index (χ3n) is 4.70. The van der Waals surface area contributed by atoms with E-state index in [0.29, 0.717) is 6.42 Å². The van der Waals surface area contributed by atoms with Crippen LogP contribution in [0.25, 0.3) is 0 Å². The summed E-state index contributed by atoms with van der Waals surface area (Å²) in [5, 5.41) is 12.4. The third-order valence-corrected chi connectivity index (χ3v) is 4.70. The number of ether oxygens (including phenoxy) is 1. The van der Waals surface area contributed by atoms with Crippen molar-refractivity contribution < 1.29 is 24.1 Å². The summed E-state index contributed by atoms with van der Waals surface area (Å²) >= 11 is 0. The van der Waals surface area contributed by atoms with Crippen molar-refractivity contribution in [3.63, 3.8) is 0 Å². The summed E-state index contributed by atoms with van der Waals surface area (Å²) in [7, 11) is 0. The SMILES string of the molecule is CCOC(=O)c1noc([C@@H](CCCC2CCCCC2)CC(=O)NO)n1. The van der Waals surface area contributed by atoms with E-state index in [2.05, 4.69) is 10.1 Å². The minimum atomic E-state index is -0.648. The Morgan fingerprint density at radius 1 is 1.36 bits per heavy atom. The average molecular weight is 353 g/mol. The number of nitrogens with zero attached hydrogens (tertiary/aromatic N) is 2. The molecule has 1 amide bonds. The maximum absolute atomic E-state index is 11.7. The maximum atomic E-state index is 11.7. The van der Waals surface area contributed by atoms with E-state index in [0.717, 1.165) is 18.8 Å². The summed E-state index contributed by atoms with van der Waals surface area (Å²) in [6.07, 6.45) is 9.24. The zero-order chi connectivity index (χ0) is 18.1. The quantitative estimate of drug-likeness (QED) is 0.398. The molecule has 2 N–H and O–H groups in total.